The summed E-state index contributed by atoms with van der Waals surface area (Å²) in [4.78, 5) is 20.6. The van der Waals surface area contributed by atoms with Crippen molar-refractivity contribution in [2.24, 2.45) is 5.73 Å². The van der Waals surface area contributed by atoms with Crippen LogP contribution in [0.15, 0.2) is 36.9 Å². The maximum absolute atomic E-state index is 11.8. The van der Waals surface area contributed by atoms with E-state index < -0.39 is 5.41 Å². The van der Waals surface area contributed by atoms with E-state index >= 15 is 0 Å². The summed E-state index contributed by atoms with van der Waals surface area (Å²) in [5.41, 5.74) is 7.35. The molecule has 0 spiro atoms. The molecule has 0 aromatic carbocycles. The molecule has 1 fully saturated rings. The second-order valence-electron chi connectivity index (χ2n) is 5.39. The topological polar surface area (TPSA) is 97.5 Å². The summed E-state index contributed by atoms with van der Waals surface area (Å²) in [6.45, 7) is 0. The van der Waals surface area contributed by atoms with Gasteiger partial charge in [0, 0.05) is 29.5 Å². The number of carbonyl (C=O) groups excluding carboxylic acids is 1. The molecule has 3 aromatic rings. The molecule has 3 N–H and O–H groups in total. The molecule has 3 heterocycles. The molecule has 1 saturated carbocycles. The van der Waals surface area contributed by atoms with Gasteiger partial charge in [0.25, 0.3) is 0 Å². The first-order valence-electron chi connectivity index (χ1n) is 6.75. The summed E-state index contributed by atoms with van der Waals surface area (Å²) in [7, 11) is 0. The van der Waals surface area contributed by atoms with Crippen LogP contribution in [0.3, 0.4) is 0 Å². The van der Waals surface area contributed by atoms with Gasteiger partial charge in [-0.25, -0.2) is 0 Å². The number of hydrogen-bond acceptors (Lipinski definition) is 4. The Balaban J connectivity index is 2.01. The molecular weight excluding hydrogens is 266 g/mol. The Morgan fingerprint density at radius 1 is 1.33 bits per heavy atom. The minimum atomic E-state index is -0.601. The molecule has 0 atom stereocenters. The van der Waals surface area contributed by atoms with Crippen LogP contribution in [-0.2, 0) is 10.2 Å². The van der Waals surface area contributed by atoms with Crippen molar-refractivity contribution in [1.82, 2.24) is 20.2 Å². The zero-order valence-electron chi connectivity index (χ0n) is 11.2. The van der Waals surface area contributed by atoms with E-state index in [1.807, 2.05) is 12.1 Å². The number of primary amides is 1. The summed E-state index contributed by atoms with van der Waals surface area (Å²) < 4.78 is 0. The van der Waals surface area contributed by atoms with Gasteiger partial charge < -0.3 is 5.73 Å². The van der Waals surface area contributed by atoms with Gasteiger partial charge in [-0.1, -0.05) is 0 Å². The van der Waals surface area contributed by atoms with Crippen LogP contribution in [0.4, 0.5) is 0 Å². The van der Waals surface area contributed by atoms with Crippen LogP contribution in [0.2, 0.25) is 0 Å². The van der Waals surface area contributed by atoms with Crippen LogP contribution >= 0.6 is 0 Å². The van der Waals surface area contributed by atoms with Gasteiger partial charge in [0.05, 0.1) is 23.0 Å². The van der Waals surface area contributed by atoms with Gasteiger partial charge in [0.1, 0.15) is 0 Å². The number of aromatic nitrogens is 4. The minimum absolute atomic E-state index is 0.304. The standard InChI is InChI=1S/C15H13N5O/c16-14(21)15(2-3-15)12-5-9-1-4-17-8-11(9)13(20-12)10-6-18-19-7-10/h1,4-8H,2-3H2,(H2,16,21)(H,18,19). The van der Waals surface area contributed by atoms with Gasteiger partial charge in [-0.15, -0.1) is 0 Å². The van der Waals surface area contributed by atoms with E-state index in [4.69, 9.17) is 10.7 Å². The molecule has 21 heavy (non-hydrogen) atoms. The molecule has 0 saturated heterocycles. The number of H-pyrrole nitrogens is 1. The molecule has 1 amide bonds. The van der Waals surface area contributed by atoms with E-state index in [9.17, 15) is 4.79 Å². The average Bonchev–Trinajstić information content (AvgIpc) is 3.15. The monoisotopic (exact) mass is 279 g/mol. The van der Waals surface area contributed by atoms with Crippen molar-refractivity contribution in [3.8, 4) is 11.3 Å². The highest BCUT2D eigenvalue weighted by Crippen LogP contribution is 2.48. The lowest BCUT2D eigenvalue weighted by Gasteiger charge is -2.13. The van der Waals surface area contributed by atoms with Crippen LogP contribution in [0, 0.1) is 0 Å². The molecule has 4 rings (SSSR count). The Morgan fingerprint density at radius 2 is 2.19 bits per heavy atom. The van der Waals surface area contributed by atoms with E-state index in [1.165, 1.54) is 0 Å². The van der Waals surface area contributed by atoms with Gasteiger partial charge in [0.2, 0.25) is 5.91 Å². The molecule has 0 radical (unpaired) electrons. The number of rotatable bonds is 3. The van der Waals surface area contributed by atoms with Crippen molar-refractivity contribution in [3.05, 3.63) is 42.6 Å². The quantitative estimate of drug-likeness (QED) is 0.759. The number of fused-ring (bicyclic) bond motifs is 1. The Hall–Kier alpha value is -2.76. The third-order valence-corrected chi connectivity index (χ3v) is 4.12. The molecule has 6 nitrogen and oxygen atoms in total. The fourth-order valence-corrected chi connectivity index (χ4v) is 2.69. The van der Waals surface area contributed by atoms with Crippen molar-refractivity contribution >= 4 is 16.7 Å². The summed E-state index contributed by atoms with van der Waals surface area (Å²) in [5, 5.41) is 8.69. The van der Waals surface area contributed by atoms with Crippen LogP contribution < -0.4 is 5.73 Å². The zero-order chi connectivity index (χ0) is 14.4. The highest BCUT2D eigenvalue weighted by molar-refractivity contribution is 5.96. The molecule has 1 aliphatic carbocycles. The van der Waals surface area contributed by atoms with Crippen molar-refractivity contribution < 1.29 is 4.79 Å². The molecule has 1 aliphatic rings. The highest BCUT2D eigenvalue weighted by Gasteiger charge is 2.51. The highest BCUT2D eigenvalue weighted by atomic mass is 16.1. The molecule has 3 aromatic heterocycles. The second kappa shape index (κ2) is 4.12. The number of hydrogen-bond donors (Lipinski definition) is 2. The zero-order valence-corrected chi connectivity index (χ0v) is 11.2. The molecule has 6 heteroatoms. The predicted molar refractivity (Wildman–Crippen MR) is 77.2 cm³/mol. The Bertz CT molecular complexity index is 836. The van der Waals surface area contributed by atoms with Crippen molar-refractivity contribution in [1.29, 1.82) is 0 Å². The summed E-state index contributed by atoms with van der Waals surface area (Å²) >= 11 is 0. The maximum Gasteiger partial charge on any atom is 0.229 e. The lowest BCUT2D eigenvalue weighted by molar-refractivity contribution is -0.120. The predicted octanol–water partition coefficient (Wildman–Crippen LogP) is 1.54. The summed E-state index contributed by atoms with van der Waals surface area (Å²) in [5.74, 6) is -0.304. The maximum atomic E-state index is 11.8. The Kier molecular flexibility index (Phi) is 2.35. The van der Waals surface area contributed by atoms with Crippen LogP contribution in [-0.4, -0.2) is 26.1 Å². The largest absolute Gasteiger partial charge is 0.369 e. The molecular formula is C15H13N5O. The number of carbonyl (C=O) groups is 1. The van der Waals surface area contributed by atoms with Gasteiger partial charge in [-0.05, 0) is 30.4 Å². The number of amides is 1. The van der Waals surface area contributed by atoms with Crippen LogP contribution in [0.5, 0.6) is 0 Å². The van der Waals surface area contributed by atoms with Gasteiger partial charge >= 0.3 is 0 Å². The average molecular weight is 279 g/mol. The number of pyridine rings is 2. The molecule has 0 bridgehead atoms. The van der Waals surface area contributed by atoms with Crippen molar-refractivity contribution in [2.45, 2.75) is 18.3 Å². The molecule has 104 valence electrons. The van der Waals surface area contributed by atoms with Gasteiger partial charge in [0.15, 0.2) is 0 Å². The van der Waals surface area contributed by atoms with Gasteiger partial charge in [-0.2, -0.15) is 5.10 Å². The van der Waals surface area contributed by atoms with E-state index in [2.05, 4.69) is 15.2 Å². The SMILES string of the molecule is NC(=O)C1(c2cc3ccncc3c(-c3cn[nH]c3)n2)CC1. The second-order valence-corrected chi connectivity index (χ2v) is 5.39. The lowest BCUT2D eigenvalue weighted by atomic mass is 9.97. The Morgan fingerprint density at radius 3 is 2.86 bits per heavy atom. The molecule has 0 unspecified atom stereocenters. The van der Waals surface area contributed by atoms with E-state index in [1.54, 1.807) is 24.8 Å². The van der Waals surface area contributed by atoms with Gasteiger partial charge in [-0.3, -0.25) is 19.9 Å². The normalized spacial score (nSPS) is 16.0. The smallest absolute Gasteiger partial charge is 0.229 e. The molecule has 0 aliphatic heterocycles. The number of nitrogens with two attached hydrogens (primary N) is 1. The van der Waals surface area contributed by atoms with E-state index in [0.717, 1.165) is 40.6 Å². The third kappa shape index (κ3) is 1.72. The fourth-order valence-electron chi connectivity index (χ4n) is 2.69. The van der Waals surface area contributed by atoms with Crippen molar-refractivity contribution in [3.63, 3.8) is 0 Å². The minimum Gasteiger partial charge on any atom is -0.369 e. The Labute approximate surface area is 120 Å². The van der Waals surface area contributed by atoms with Crippen LogP contribution in [0.1, 0.15) is 18.5 Å². The van der Waals surface area contributed by atoms with Crippen LogP contribution in [0.25, 0.3) is 22.0 Å². The summed E-state index contributed by atoms with van der Waals surface area (Å²) in [6, 6.07) is 3.86. The fraction of sp³-hybridized carbons (Fsp3) is 0.200. The van der Waals surface area contributed by atoms with E-state index in [0.29, 0.717) is 0 Å². The first kappa shape index (κ1) is 12.0. The number of aromatic amines is 1. The summed E-state index contributed by atoms with van der Waals surface area (Å²) in [6.07, 6.45) is 8.52. The van der Waals surface area contributed by atoms with Crippen molar-refractivity contribution in [2.75, 3.05) is 0 Å². The first-order chi connectivity index (χ1) is 10.2. The number of nitrogens with zero attached hydrogens (tertiary/aromatic N) is 3. The van der Waals surface area contributed by atoms with E-state index in [-0.39, 0.29) is 5.91 Å². The lowest BCUT2D eigenvalue weighted by Crippen LogP contribution is -2.29. The first-order valence-corrected chi connectivity index (χ1v) is 6.75. The number of nitrogens with one attached hydrogen (secondary N) is 1. The third-order valence-electron chi connectivity index (χ3n) is 4.12.